The van der Waals surface area contributed by atoms with Gasteiger partial charge in [0.2, 0.25) is 6.73 Å². The summed E-state index contributed by atoms with van der Waals surface area (Å²) < 4.78 is 36.6. The summed E-state index contributed by atoms with van der Waals surface area (Å²) in [5.74, 6) is 0.535. The molecule has 0 bridgehead atoms. The van der Waals surface area contributed by atoms with Gasteiger partial charge in [0.15, 0.2) is 5.78 Å². The van der Waals surface area contributed by atoms with Crippen molar-refractivity contribution in [2.24, 2.45) is 0 Å². The van der Waals surface area contributed by atoms with Gasteiger partial charge in [0.1, 0.15) is 18.8 Å². The summed E-state index contributed by atoms with van der Waals surface area (Å²) in [4.78, 5) is 12.6. The van der Waals surface area contributed by atoms with E-state index in [0.29, 0.717) is 36.4 Å². The van der Waals surface area contributed by atoms with Crippen molar-refractivity contribution in [2.75, 3.05) is 46.2 Å². The van der Waals surface area contributed by atoms with Crippen LogP contribution in [0.4, 0.5) is 0 Å². The van der Waals surface area contributed by atoms with Gasteiger partial charge < -0.3 is 14.9 Å². The Morgan fingerprint density at radius 2 is 1.41 bits per heavy atom. The Morgan fingerprint density at radius 1 is 0.811 bits per heavy atom. The Kier molecular flexibility index (Phi) is 10.4. The van der Waals surface area contributed by atoms with Crippen LogP contribution >= 0.6 is 0 Å². The number of carbonyl (C=O) groups is 1. The second kappa shape index (κ2) is 13.5. The molecule has 0 fully saturated rings. The maximum Gasteiger partial charge on any atom is 0.301 e. The number of hydrogen-bond acceptors (Lipinski definition) is 7. The van der Waals surface area contributed by atoms with Gasteiger partial charge in [-0.1, -0.05) is 48.0 Å². The van der Waals surface area contributed by atoms with Crippen LogP contribution in [0.15, 0.2) is 83.8 Å². The van der Waals surface area contributed by atoms with Gasteiger partial charge in [-0.25, -0.2) is 4.18 Å². The summed E-state index contributed by atoms with van der Waals surface area (Å²) in [6.07, 6.45) is 0.526. The lowest BCUT2D eigenvalue weighted by Gasteiger charge is -2.36. The van der Waals surface area contributed by atoms with Crippen molar-refractivity contribution in [1.82, 2.24) is 0 Å². The van der Waals surface area contributed by atoms with Crippen molar-refractivity contribution in [3.05, 3.63) is 95.6 Å². The molecule has 0 aromatic heterocycles. The summed E-state index contributed by atoms with van der Waals surface area (Å²) in [6, 6.07) is 22.3. The predicted molar refractivity (Wildman–Crippen MR) is 140 cm³/mol. The van der Waals surface area contributed by atoms with Crippen molar-refractivity contribution in [1.29, 1.82) is 0 Å². The molecule has 0 aliphatic carbocycles. The monoisotopic (exact) mass is 528 g/mol. The fourth-order valence-corrected chi connectivity index (χ4v) is 4.92. The summed E-state index contributed by atoms with van der Waals surface area (Å²) in [7, 11) is -3.99. The third-order valence-electron chi connectivity index (χ3n) is 6.14. The molecule has 198 valence electrons. The van der Waals surface area contributed by atoms with Crippen LogP contribution in [0.5, 0.6) is 5.75 Å². The standard InChI is InChI=1S/C28H34NO7S/c1-23-8-14-27(15-9-23)37(33,34)36-22-29(17-19-30,18-20-31)16-5-21-35-26-12-10-25(11-13-26)28(32)24-6-3-2-4-7-24/h2-4,6-15,30-31H,5,16-22H2,1H3/q+1. The van der Waals surface area contributed by atoms with E-state index in [1.807, 2.05) is 25.1 Å². The third kappa shape index (κ3) is 8.21. The number of aliphatic hydroxyl groups is 2. The van der Waals surface area contributed by atoms with Crippen molar-refractivity contribution >= 4 is 15.9 Å². The van der Waals surface area contributed by atoms with Crippen LogP contribution in [0.2, 0.25) is 0 Å². The normalized spacial score (nSPS) is 11.9. The Morgan fingerprint density at radius 3 is 2.00 bits per heavy atom. The first-order chi connectivity index (χ1) is 17.8. The maximum absolute atomic E-state index is 12.7. The topological polar surface area (TPSA) is 110 Å². The van der Waals surface area contributed by atoms with Gasteiger partial charge in [-0.3, -0.25) is 9.28 Å². The fraction of sp³-hybridized carbons (Fsp3) is 0.321. The minimum Gasteiger partial charge on any atom is -0.493 e. The molecule has 37 heavy (non-hydrogen) atoms. The van der Waals surface area contributed by atoms with Crippen LogP contribution in [0.25, 0.3) is 0 Å². The minimum absolute atomic E-state index is 0.0572. The van der Waals surface area contributed by atoms with Crippen LogP contribution in [-0.2, 0) is 14.3 Å². The molecule has 0 aliphatic heterocycles. The van der Waals surface area contributed by atoms with Crippen molar-refractivity contribution in [3.63, 3.8) is 0 Å². The molecule has 3 aromatic carbocycles. The highest BCUT2D eigenvalue weighted by atomic mass is 32.2. The molecule has 0 radical (unpaired) electrons. The number of rotatable bonds is 15. The molecular formula is C28H34NO7S+. The lowest BCUT2D eigenvalue weighted by molar-refractivity contribution is -0.943. The Labute approximate surface area is 218 Å². The SMILES string of the molecule is Cc1ccc(S(=O)(=O)OC[N+](CCO)(CCO)CCCOc2ccc(C(=O)c3ccccc3)cc2)cc1. The summed E-state index contributed by atoms with van der Waals surface area (Å²) in [6.45, 7) is 2.47. The number of aryl methyl sites for hydroxylation is 1. The van der Waals surface area contributed by atoms with Crippen molar-refractivity contribution < 1.29 is 36.8 Å². The van der Waals surface area contributed by atoms with Crippen LogP contribution in [0, 0.1) is 6.92 Å². The number of benzene rings is 3. The molecule has 0 spiro atoms. The Balaban J connectivity index is 1.57. The quantitative estimate of drug-likeness (QED) is 0.103. The number of ketones is 1. The first-order valence-corrected chi connectivity index (χ1v) is 13.5. The van der Waals surface area contributed by atoms with E-state index in [1.165, 1.54) is 12.1 Å². The van der Waals surface area contributed by atoms with E-state index in [9.17, 15) is 23.4 Å². The van der Waals surface area contributed by atoms with Crippen molar-refractivity contribution in [2.45, 2.75) is 18.2 Å². The minimum atomic E-state index is -3.99. The van der Waals surface area contributed by atoms with E-state index in [1.54, 1.807) is 48.5 Å². The van der Waals surface area contributed by atoms with Crippen LogP contribution in [0.1, 0.15) is 27.9 Å². The highest BCUT2D eigenvalue weighted by Crippen LogP contribution is 2.18. The predicted octanol–water partition coefficient (Wildman–Crippen LogP) is 3.16. The van der Waals surface area contributed by atoms with Crippen LogP contribution < -0.4 is 4.74 Å². The lowest BCUT2D eigenvalue weighted by Crippen LogP contribution is -2.54. The van der Waals surface area contributed by atoms with Crippen LogP contribution in [-0.4, -0.2) is 75.1 Å². The molecule has 0 aliphatic rings. The molecule has 0 unspecified atom stereocenters. The first kappa shape index (κ1) is 28.5. The number of hydrogen-bond donors (Lipinski definition) is 2. The molecule has 0 atom stereocenters. The molecule has 3 rings (SSSR count). The Hall–Kier alpha value is -3.08. The number of carbonyl (C=O) groups excluding carboxylic acids is 1. The molecule has 0 amide bonds. The average molecular weight is 529 g/mol. The molecule has 2 N–H and O–H groups in total. The van der Waals surface area contributed by atoms with E-state index in [0.717, 1.165) is 5.56 Å². The van der Waals surface area contributed by atoms with E-state index in [-0.39, 0.29) is 48.2 Å². The smallest absolute Gasteiger partial charge is 0.301 e. The zero-order chi connectivity index (χ0) is 26.7. The molecular weight excluding hydrogens is 494 g/mol. The molecule has 3 aromatic rings. The molecule has 0 heterocycles. The van der Waals surface area contributed by atoms with Gasteiger partial charge in [-0.2, -0.15) is 8.42 Å². The van der Waals surface area contributed by atoms with Gasteiger partial charge >= 0.3 is 10.1 Å². The Bertz CT molecular complexity index is 1220. The molecule has 0 saturated heterocycles. The summed E-state index contributed by atoms with van der Waals surface area (Å²) in [5, 5.41) is 19.3. The van der Waals surface area contributed by atoms with E-state index < -0.39 is 10.1 Å². The number of nitrogens with zero attached hydrogens (tertiary/aromatic N) is 1. The lowest BCUT2D eigenvalue weighted by atomic mass is 10.0. The highest BCUT2D eigenvalue weighted by Gasteiger charge is 2.30. The van der Waals surface area contributed by atoms with Gasteiger partial charge in [0, 0.05) is 17.5 Å². The number of aliphatic hydroxyl groups excluding tert-OH is 2. The van der Waals surface area contributed by atoms with Crippen LogP contribution in [0.3, 0.4) is 0 Å². The first-order valence-electron chi connectivity index (χ1n) is 12.1. The summed E-state index contributed by atoms with van der Waals surface area (Å²) >= 11 is 0. The van der Waals surface area contributed by atoms with Crippen molar-refractivity contribution in [3.8, 4) is 5.75 Å². The zero-order valence-corrected chi connectivity index (χ0v) is 21.8. The van der Waals surface area contributed by atoms with Gasteiger partial charge in [-0.05, 0) is 43.3 Å². The zero-order valence-electron chi connectivity index (χ0n) is 21.0. The van der Waals surface area contributed by atoms with E-state index in [2.05, 4.69) is 0 Å². The van der Waals surface area contributed by atoms with E-state index in [4.69, 9.17) is 8.92 Å². The van der Waals surface area contributed by atoms with Gasteiger partial charge in [-0.15, -0.1) is 0 Å². The highest BCUT2D eigenvalue weighted by molar-refractivity contribution is 7.86. The maximum atomic E-state index is 12.7. The van der Waals surface area contributed by atoms with Gasteiger partial charge in [0.25, 0.3) is 0 Å². The molecule has 9 heteroatoms. The number of ether oxygens (including phenoxy) is 1. The fourth-order valence-electron chi connectivity index (χ4n) is 3.96. The molecule has 0 saturated carbocycles. The number of quaternary nitrogens is 1. The second-order valence-corrected chi connectivity index (χ2v) is 10.5. The van der Waals surface area contributed by atoms with E-state index >= 15 is 0 Å². The van der Waals surface area contributed by atoms with Gasteiger partial charge in [0.05, 0.1) is 31.3 Å². The molecule has 8 nitrogen and oxygen atoms in total. The third-order valence-corrected chi connectivity index (χ3v) is 7.40. The second-order valence-electron chi connectivity index (χ2n) is 8.90. The largest absolute Gasteiger partial charge is 0.493 e. The average Bonchev–Trinajstić information content (AvgIpc) is 2.91. The summed E-state index contributed by atoms with van der Waals surface area (Å²) in [5.41, 5.74) is 2.11.